The van der Waals surface area contributed by atoms with Crippen LogP contribution in [-0.4, -0.2) is 21.0 Å². The second-order valence-electron chi connectivity index (χ2n) is 5.20. The van der Waals surface area contributed by atoms with Crippen LogP contribution in [0.15, 0.2) is 70.0 Å². The average molecular weight is 360 g/mol. The molecule has 7 nitrogen and oxygen atoms in total. The SMILES string of the molecule is N#Cc1ncoc1NN=Cc1cn(-c2ccccc2)nc1-c1cccs1. The molecule has 0 bridgehead atoms. The van der Waals surface area contributed by atoms with Crippen LogP contribution in [-0.2, 0) is 0 Å². The number of nitrogens with zero attached hydrogens (tertiary/aromatic N) is 5. The summed E-state index contributed by atoms with van der Waals surface area (Å²) in [5.74, 6) is 0.205. The molecule has 0 radical (unpaired) electrons. The minimum Gasteiger partial charge on any atom is -0.425 e. The van der Waals surface area contributed by atoms with Crippen molar-refractivity contribution in [1.82, 2.24) is 14.8 Å². The molecule has 0 saturated carbocycles. The summed E-state index contributed by atoms with van der Waals surface area (Å²) in [6.07, 6.45) is 4.74. The molecule has 0 amide bonds. The average Bonchev–Trinajstić information content (AvgIpc) is 3.43. The lowest BCUT2D eigenvalue weighted by atomic mass is 10.2. The van der Waals surface area contributed by atoms with E-state index in [0.29, 0.717) is 0 Å². The third kappa shape index (κ3) is 3.11. The van der Waals surface area contributed by atoms with Crippen molar-refractivity contribution in [2.45, 2.75) is 0 Å². The van der Waals surface area contributed by atoms with Crippen molar-refractivity contribution in [3.05, 3.63) is 71.7 Å². The summed E-state index contributed by atoms with van der Waals surface area (Å²) < 4.78 is 6.90. The molecule has 0 unspecified atom stereocenters. The van der Waals surface area contributed by atoms with Gasteiger partial charge in [-0.1, -0.05) is 24.3 Å². The third-order valence-electron chi connectivity index (χ3n) is 3.56. The van der Waals surface area contributed by atoms with Crippen molar-refractivity contribution in [1.29, 1.82) is 5.26 Å². The Morgan fingerprint density at radius 2 is 2.12 bits per heavy atom. The van der Waals surface area contributed by atoms with Crippen LogP contribution in [0.5, 0.6) is 0 Å². The Morgan fingerprint density at radius 3 is 2.88 bits per heavy atom. The predicted octanol–water partition coefficient (Wildman–Crippen LogP) is 3.91. The van der Waals surface area contributed by atoms with Gasteiger partial charge in [-0.2, -0.15) is 15.5 Å². The first-order chi connectivity index (χ1) is 12.8. The quantitative estimate of drug-likeness (QED) is 0.430. The molecule has 0 aliphatic rings. The number of hydrogen-bond donors (Lipinski definition) is 1. The minimum atomic E-state index is 0.153. The van der Waals surface area contributed by atoms with E-state index >= 15 is 0 Å². The van der Waals surface area contributed by atoms with E-state index in [1.54, 1.807) is 17.6 Å². The maximum absolute atomic E-state index is 8.95. The number of nitriles is 1. The largest absolute Gasteiger partial charge is 0.425 e. The molecular weight excluding hydrogens is 348 g/mol. The second kappa shape index (κ2) is 7.04. The number of benzene rings is 1. The van der Waals surface area contributed by atoms with E-state index in [2.05, 4.69) is 15.5 Å². The molecule has 26 heavy (non-hydrogen) atoms. The molecule has 0 fully saturated rings. The van der Waals surface area contributed by atoms with Gasteiger partial charge in [0, 0.05) is 11.8 Å². The number of thiophene rings is 1. The van der Waals surface area contributed by atoms with Crippen molar-refractivity contribution in [2.24, 2.45) is 5.10 Å². The number of hydrogen-bond acceptors (Lipinski definition) is 7. The highest BCUT2D eigenvalue weighted by molar-refractivity contribution is 7.13. The second-order valence-corrected chi connectivity index (χ2v) is 6.15. The molecule has 4 rings (SSSR count). The number of anilines is 1. The van der Waals surface area contributed by atoms with Gasteiger partial charge in [-0.25, -0.2) is 15.1 Å². The first-order valence-electron chi connectivity index (χ1n) is 7.67. The Bertz CT molecular complexity index is 1070. The van der Waals surface area contributed by atoms with Gasteiger partial charge in [0.05, 0.1) is 16.8 Å². The Morgan fingerprint density at radius 1 is 1.23 bits per heavy atom. The van der Waals surface area contributed by atoms with E-state index < -0.39 is 0 Å². The zero-order chi connectivity index (χ0) is 17.8. The van der Waals surface area contributed by atoms with Crippen LogP contribution in [0.4, 0.5) is 5.88 Å². The first kappa shape index (κ1) is 15.8. The van der Waals surface area contributed by atoms with Crippen molar-refractivity contribution < 1.29 is 4.42 Å². The lowest BCUT2D eigenvalue weighted by Gasteiger charge is -1.98. The standard InChI is InChI=1S/C18H12N6OS/c19-9-15-18(25-12-20-15)22-21-10-13-11-24(14-5-2-1-3-6-14)23-17(13)16-7-4-8-26-16/h1-8,10-12,22H. The number of rotatable bonds is 5. The van der Waals surface area contributed by atoms with Gasteiger partial charge in [-0.05, 0) is 23.6 Å². The summed E-state index contributed by atoms with van der Waals surface area (Å²) in [6, 6.07) is 15.8. The lowest BCUT2D eigenvalue weighted by Crippen LogP contribution is -1.93. The number of nitrogens with one attached hydrogen (secondary N) is 1. The Hall–Kier alpha value is -3.70. The number of hydrazone groups is 1. The summed E-state index contributed by atoms with van der Waals surface area (Å²) in [5, 5.41) is 19.8. The van der Waals surface area contributed by atoms with Crippen molar-refractivity contribution in [2.75, 3.05) is 5.43 Å². The van der Waals surface area contributed by atoms with Crippen LogP contribution in [0, 0.1) is 11.3 Å². The maximum Gasteiger partial charge on any atom is 0.251 e. The zero-order valence-electron chi connectivity index (χ0n) is 13.4. The van der Waals surface area contributed by atoms with Gasteiger partial charge in [0.2, 0.25) is 5.69 Å². The monoisotopic (exact) mass is 360 g/mol. The van der Waals surface area contributed by atoms with Gasteiger partial charge in [-0.3, -0.25) is 0 Å². The maximum atomic E-state index is 8.95. The molecule has 126 valence electrons. The molecule has 0 atom stereocenters. The van der Waals surface area contributed by atoms with E-state index in [9.17, 15) is 0 Å². The summed E-state index contributed by atoms with van der Waals surface area (Å²) in [6.45, 7) is 0. The van der Waals surface area contributed by atoms with Crippen molar-refractivity contribution in [3.8, 4) is 22.3 Å². The van der Waals surface area contributed by atoms with Crippen LogP contribution >= 0.6 is 11.3 Å². The Labute approximate surface area is 152 Å². The molecule has 0 aliphatic heterocycles. The van der Waals surface area contributed by atoms with Crippen LogP contribution in [0.3, 0.4) is 0 Å². The molecule has 0 spiro atoms. The number of para-hydroxylation sites is 1. The summed E-state index contributed by atoms with van der Waals surface area (Å²) in [7, 11) is 0. The highest BCUT2D eigenvalue weighted by Gasteiger charge is 2.12. The number of oxazole rings is 1. The van der Waals surface area contributed by atoms with Crippen LogP contribution < -0.4 is 5.43 Å². The third-order valence-corrected chi connectivity index (χ3v) is 4.44. The van der Waals surface area contributed by atoms with E-state index in [1.807, 2.05) is 64.8 Å². The molecule has 3 heterocycles. The van der Waals surface area contributed by atoms with E-state index in [4.69, 9.17) is 14.8 Å². The van der Waals surface area contributed by atoms with Gasteiger partial charge in [0.1, 0.15) is 11.8 Å². The van der Waals surface area contributed by atoms with Gasteiger partial charge in [0.25, 0.3) is 5.88 Å². The fourth-order valence-corrected chi connectivity index (χ4v) is 3.10. The molecular formula is C18H12N6OS. The molecule has 3 aromatic heterocycles. The summed E-state index contributed by atoms with van der Waals surface area (Å²) >= 11 is 1.61. The molecule has 0 aliphatic carbocycles. The zero-order valence-corrected chi connectivity index (χ0v) is 14.2. The van der Waals surface area contributed by atoms with Gasteiger partial charge >= 0.3 is 0 Å². The fraction of sp³-hybridized carbons (Fsp3) is 0. The van der Waals surface area contributed by atoms with E-state index in [-0.39, 0.29) is 11.6 Å². The fourth-order valence-electron chi connectivity index (χ4n) is 2.37. The predicted molar refractivity (Wildman–Crippen MR) is 99.3 cm³/mol. The van der Waals surface area contributed by atoms with Crippen molar-refractivity contribution >= 4 is 23.4 Å². The molecule has 0 saturated heterocycles. The molecule has 8 heteroatoms. The van der Waals surface area contributed by atoms with Crippen molar-refractivity contribution in [3.63, 3.8) is 0 Å². The summed E-state index contributed by atoms with van der Waals surface area (Å²) in [4.78, 5) is 4.82. The highest BCUT2D eigenvalue weighted by atomic mass is 32.1. The molecule has 1 aromatic carbocycles. The summed E-state index contributed by atoms with van der Waals surface area (Å²) in [5.41, 5.74) is 5.47. The van der Waals surface area contributed by atoms with Crippen LogP contribution in [0.2, 0.25) is 0 Å². The first-order valence-corrected chi connectivity index (χ1v) is 8.55. The topological polar surface area (TPSA) is 92.0 Å². The van der Waals surface area contributed by atoms with Gasteiger partial charge in [-0.15, -0.1) is 11.3 Å². The smallest absolute Gasteiger partial charge is 0.251 e. The minimum absolute atomic E-state index is 0.153. The molecule has 1 N–H and O–H groups in total. The van der Waals surface area contributed by atoms with E-state index in [1.165, 1.54) is 6.39 Å². The van der Waals surface area contributed by atoms with Crippen LogP contribution in [0.1, 0.15) is 11.3 Å². The lowest BCUT2D eigenvalue weighted by molar-refractivity contribution is 0.570. The normalized spacial score (nSPS) is 10.9. The Kier molecular flexibility index (Phi) is 4.28. The molecule has 4 aromatic rings. The number of aromatic nitrogens is 3. The van der Waals surface area contributed by atoms with Gasteiger partial charge in [0.15, 0.2) is 6.39 Å². The Balaban J connectivity index is 1.67. The van der Waals surface area contributed by atoms with Gasteiger partial charge < -0.3 is 4.42 Å². The van der Waals surface area contributed by atoms with E-state index in [0.717, 1.165) is 21.8 Å². The van der Waals surface area contributed by atoms with Crippen LogP contribution in [0.25, 0.3) is 16.3 Å². The highest BCUT2D eigenvalue weighted by Crippen LogP contribution is 2.27.